The fraction of sp³-hybridized carbons (Fsp3) is 0.400. The fourth-order valence-corrected chi connectivity index (χ4v) is 3.22. The highest BCUT2D eigenvalue weighted by Crippen LogP contribution is 2.22. The van der Waals surface area contributed by atoms with Gasteiger partial charge in [0.15, 0.2) is 0 Å². The van der Waals surface area contributed by atoms with Gasteiger partial charge in [0, 0.05) is 39.3 Å². The largest absolute Gasteiger partial charge is 0.395 e. The van der Waals surface area contributed by atoms with Crippen LogP contribution >= 0.6 is 0 Å². The van der Waals surface area contributed by atoms with Crippen molar-refractivity contribution in [1.29, 1.82) is 0 Å². The molecule has 0 amide bonds. The Morgan fingerprint density at radius 3 is 2.00 bits per heavy atom. The molecule has 0 spiro atoms. The van der Waals surface area contributed by atoms with Crippen LogP contribution < -0.4 is 0 Å². The van der Waals surface area contributed by atoms with E-state index in [1.807, 2.05) is 30.3 Å². The van der Waals surface area contributed by atoms with Gasteiger partial charge < -0.3 is 10.2 Å². The summed E-state index contributed by atoms with van der Waals surface area (Å²) < 4.78 is 0. The Hall–Kier alpha value is -1.72. The van der Waals surface area contributed by atoms with Crippen molar-refractivity contribution >= 4 is 0 Å². The van der Waals surface area contributed by atoms with Crippen molar-refractivity contribution in [3.63, 3.8) is 0 Å². The van der Waals surface area contributed by atoms with Crippen molar-refractivity contribution < 1.29 is 10.2 Å². The maximum absolute atomic E-state index is 10.5. The summed E-state index contributed by atoms with van der Waals surface area (Å²) in [6.45, 7) is 5.43. The van der Waals surface area contributed by atoms with Gasteiger partial charge in [0.2, 0.25) is 0 Å². The van der Waals surface area contributed by atoms with Crippen LogP contribution in [-0.2, 0) is 0 Å². The van der Waals surface area contributed by atoms with Crippen LogP contribution in [0.15, 0.2) is 54.6 Å². The molecule has 1 saturated heterocycles. The van der Waals surface area contributed by atoms with E-state index >= 15 is 0 Å². The maximum atomic E-state index is 10.5. The third-order valence-electron chi connectivity index (χ3n) is 4.71. The standard InChI is InChI=1S/C20H26N2O2/c23-15-14-21-10-12-22(13-11-21)16-20(24)19-8-6-18(7-9-19)17-4-2-1-3-5-17/h1-9,20,23-24H,10-16H2/t20-/m0/s1. The second-order valence-corrected chi connectivity index (χ2v) is 6.37. The second-order valence-electron chi connectivity index (χ2n) is 6.37. The summed E-state index contributed by atoms with van der Waals surface area (Å²) in [4.78, 5) is 4.56. The van der Waals surface area contributed by atoms with Crippen LogP contribution in [0.25, 0.3) is 11.1 Å². The zero-order chi connectivity index (χ0) is 16.8. The minimum atomic E-state index is -0.459. The Labute approximate surface area is 144 Å². The van der Waals surface area contributed by atoms with Crippen molar-refractivity contribution in [2.45, 2.75) is 6.10 Å². The molecule has 0 unspecified atom stereocenters. The molecule has 1 fully saturated rings. The first-order chi connectivity index (χ1) is 11.8. The normalized spacial score (nSPS) is 17.8. The first-order valence-electron chi connectivity index (χ1n) is 8.65. The van der Waals surface area contributed by atoms with E-state index in [1.165, 1.54) is 11.1 Å². The van der Waals surface area contributed by atoms with Gasteiger partial charge in [0.1, 0.15) is 0 Å². The predicted octanol–water partition coefficient (Wildman–Crippen LogP) is 2.00. The number of aliphatic hydroxyl groups excluding tert-OH is 2. The summed E-state index contributed by atoms with van der Waals surface area (Å²) in [7, 11) is 0. The molecular formula is C20H26N2O2. The molecule has 0 aliphatic carbocycles. The number of nitrogens with zero attached hydrogens (tertiary/aromatic N) is 2. The molecule has 2 N–H and O–H groups in total. The lowest BCUT2D eigenvalue weighted by atomic mass is 10.0. The van der Waals surface area contributed by atoms with E-state index in [0.717, 1.165) is 38.3 Å². The van der Waals surface area contributed by atoms with Gasteiger partial charge in [-0.2, -0.15) is 0 Å². The van der Waals surface area contributed by atoms with E-state index < -0.39 is 6.10 Å². The van der Waals surface area contributed by atoms with Gasteiger partial charge >= 0.3 is 0 Å². The molecule has 4 nitrogen and oxygen atoms in total. The third kappa shape index (κ3) is 4.42. The number of β-amino-alcohol motifs (C(OH)–C–C–N with tert-alkyl or cyclic N) is 2. The molecule has 4 heteroatoms. The molecule has 2 aromatic rings. The molecule has 0 aromatic heterocycles. The quantitative estimate of drug-likeness (QED) is 0.852. The van der Waals surface area contributed by atoms with Crippen molar-refractivity contribution in [2.24, 2.45) is 0 Å². The maximum Gasteiger partial charge on any atom is 0.0916 e. The highest BCUT2D eigenvalue weighted by atomic mass is 16.3. The second kappa shape index (κ2) is 8.40. The van der Waals surface area contributed by atoms with Crippen LogP contribution in [0.3, 0.4) is 0 Å². The summed E-state index contributed by atoms with van der Waals surface area (Å²) in [5.74, 6) is 0. The Bertz CT molecular complexity index is 607. The molecule has 128 valence electrons. The van der Waals surface area contributed by atoms with Gasteiger partial charge in [-0.05, 0) is 16.7 Å². The smallest absolute Gasteiger partial charge is 0.0916 e. The van der Waals surface area contributed by atoms with Crippen molar-refractivity contribution in [3.05, 3.63) is 60.2 Å². The number of rotatable bonds is 6. The molecular weight excluding hydrogens is 300 g/mol. The highest BCUT2D eigenvalue weighted by molar-refractivity contribution is 5.63. The molecule has 1 aliphatic rings. The molecule has 3 rings (SSSR count). The van der Waals surface area contributed by atoms with E-state index in [4.69, 9.17) is 5.11 Å². The van der Waals surface area contributed by atoms with E-state index in [0.29, 0.717) is 6.54 Å². The van der Waals surface area contributed by atoms with Crippen LogP contribution in [0.1, 0.15) is 11.7 Å². The van der Waals surface area contributed by atoms with Crippen LogP contribution in [0.4, 0.5) is 0 Å². The molecule has 24 heavy (non-hydrogen) atoms. The minimum Gasteiger partial charge on any atom is -0.395 e. The lowest BCUT2D eigenvalue weighted by molar-refractivity contribution is 0.0661. The molecule has 1 aliphatic heterocycles. The van der Waals surface area contributed by atoms with Crippen molar-refractivity contribution in [2.75, 3.05) is 45.9 Å². The Morgan fingerprint density at radius 2 is 1.38 bits per heavy atom. The van der Waals surface area contributed by atoms with Crippen molar-refractivity contribution in [3.8, 4) is 11.1 Å². The summed E-state index contributed by atoms with van der Waals surface area (Å²) in [6.07, 6.45) is -0.459. The predicted molar refractivity (Wildman–Crippen MR) is 96.8 cm³/mol. The Balaban J connectivity index is 1.55. The van der Waals surface area contributed by atoms with E-state index in [-0.39, 0.29) is 6.61 Å². The zero-order valence-corrected chi connectivity index (χ0v) is 14.0. The number of hydrogen-bond donors (Lipinski definition) is 2. The Morgan fingerprint density at radius 1 is 0.792 bits per heavy atom. The lowest BCUT2D eigenvalue weighted by Gasteiger charge is -2.35. The molecule has 0 radical (unpaired) electrons. The first-order valence-corrected chi connectivity index (χ1v) is 8.65. The molecule has 2 aromatic carbocycles. The van der Waals surface area contributed by atoms with Gasteiger partial charge in [-0.1, -0.05) is 54.6 Å². The van der Waals surface area contributed by atoms with Gasteiger partial charge in [-0.15, -0.1) is 0 Å². The van der Waals surface area contributed by atoms with E-state index in [9.17, 15) is 5.11 Å². The number of benzene rings is 2. The summed E-state index contributed by atoms with van der Waals surface area (Å²) in [5, 5.41) is 19.5. The summed E-state index contributed by atoms with van der Waals surface area (Å²) >= 11 is 0. The van der Waals surface area contributed by atoms with E-state index in [1.54, 1.807) is 0 Å². The van der Waals surface area contributed by atoms with Gasteiger partial charge in [0.25, 0.3) is 0 Å². The van der Waals surface area contributed by atoms with Crippen LogP contribution in [-0.4, -0.2) is 65.9 Å². The van der Waals surface area contributed by atoms with Crippen LogP contribution in [0.2, 0.25) is 0 Å². The highest BCUT2D eigenvalue weighted by Gasteiger charge is 2.19. The Kier molecular flexibility index (Phi) is 5.99. The average molecular weight is 326 g/mol. The molecule has 1 atom stereocenters. The van der Waals surface area contributed by atoms with Crippen molar-refractivity contribution in [1.82, 2.24) is 9.80 Å². The summed E-state index contributed by atoms with van der Waals surface area (Å²) in [6, 6.07) is 18.5. The number of hydrogen-bond acceptors (Lipinski definition) is 4. The number of aliphatic hydroxyl groups is 2. The topological polar surface area (TPSA) is 46.9 Å². The zero-order valence-electron chi connectivity index (χ0n) is 14.0. The fourth-order valence-electron chi connectivity index (χ4n) is 3.22. The lowest BCUT2D eigenvalue weighted by Crippen LogP contribution is -2.48. The first kappa shape index (κ1) is 17.1. The van der Waals surface area contributed by atoms with Gasteiger partial charge in [-0.3, -0.25) is 9.80 Å². The minimum absolute atomic E-state index is 0.219. The summed E-state index contributed by atoms with van der Waals surface area (Å²) in [5.41, 5.74) is 3.33. The van der Waals surface area contributed by atoms with Crippen LogP contribution in [0.5, 0.6) is 0 Å². The molecule has 0 saturated carbocycles. The van der Waals surface area contributed by atoms with Gasteiger partial charge in [-0.25, -0.2) is 0 Å². The molecule has 0 bridgehead atoms. The third-order valence-corrected chi connectivity index (χ3v) is 4.71. The molecule has 1 heterocycles. The van der Waals surface area contributed by atoms with Crippen LogP contribution in [0, 0.1) is 0 Å². The van der Waals surface area contributed by atoms with Gasteiger partial charge in [0.05, 0.1) is 12.7 Å². The number of piperazine rings is 1. The average Bonchev–Trinajstić information content (AvgIpc) is 2.64. The van der Waals surface area contributed by atoms with E-state index in [2.05, 4.69) is 34.1 Å². The monoisotopic (exact) mass is 326 g/mol. The SMILES string of the molecule is OCCN1CCN(C[C@H](O)c2ccc(-c3ccccc3)cc2)CC1.